The summed E-state index contributed by atoms with van der Waals surface area (Å²) in [5, 5.41) is 8.37. The number of hydrogen-bond acceptors (Lipinski definition) is 3. The number of nitrogens with one attached hydrogen (secondary N) is 1. The van der Waals surface area contributed by atoms with E-state index in [1.165, 1.54) is 0 Å². The largest absolute Gasteiger partial charge is 0.380 e. The number of anilines is 1. The number of hydrogen-bond donors (Lipinski definition) is 1. The normalized spacial score (nSPS) is 10.7. The molecule has 1 aromatic carbocycles. The maximum Gasteiger partial charge on any atom is 0.0865 e. The summed E-state index contributed by atoms with van der Waals surface area (Å²) in [7, 11) is 3.59. The van der Waals surface area contributed by atoms with E-state index in [-0.39, 0.29) is 0 Å². The van der Waals surface area contributed by atoms with E-state index >= 15 is 0 Å². The van der Waals surface area contributed by atoms with Gasteiger partial charge in [-0.3, -0.25) is 4.68 Å². The Hall–Kier alpha value is -1.52. The molecule has 0 radical (unpaired) electrons. The van der Waals surface area contributed by atoms with Crippen LogP contribution in [0.1, 0.15) is 17.0 Å². The molecule has 0 aliphatic heterocycles. The van der Waals surface area contributed by atoms with Gasteiger partial charge < -0.3 is 10.1 Å². The Balaban J connectivity index is 2.08. The summed E-state index contributed by atoms with van der Waals surface area (Å²) < 4.78 is 6.93. The fraction of sp³-hybridized carbons (Fsp3) is 0.357. The highest BCUT2D eigenvalue weighted by atomic mass is 35.5. The molecule has 0 aliphatic rings. The third-order valence-electron chi connectivity index (χ3n) is 2.96. The number of rotatable bonds is 5. The molecule has 0 bridgehead atoms. The lowest BCUT2D eigenvalue weighted by molar-refractivity contribution is 0.185. The van der Waals surface area contributed by atoms with Gasteiger partial charge in [-0.05, 0) is 24.6 Å². The molecule has 2 aromatic rings. The summed E-state index contributed by atoms with van der Waals surface area (Å²) >= 11 is 6.22. The first-order valence-electron chi connectivity index (χ1n) is 6.11. The second-order valence-electron chi connectivity index (χ2n) is 4.46. The second kappa shape index (κ2) is 6.08. The van der Waals surface area contributed by atoms with Gasteiger partial charge >= 0.3 is 0 Å². The highest BCUT2D eigenvalue weighted by Gasteiger charge is 2.10. The molecule has 102 valence electrons. The van der Waals surface area contributed by atoms with E-state index in [0.29, 0.717) is 13.2 Å². The molecular formula is C14H18ClN3O. The molecule has 1 heterocycles. The van der Waals surface area contributed by atoms with Crippen molar-refractivity contribution in [2.75, 3.05) is 12.4 Å². The van der Waals surface area contributed by atoms with E-state index < -0.39 is 0 Å². The lowest BCUT2D eigenvalue weighted by Crippen LogP contribution is -2.06. The quantitative estimate of drug-likeness (QED) is 0.914. The Kier molecular flexibility index (Phi) is 4.45. The molecule has 0 saturated carbocycles. The molecule has 2 rings (SSSR count). The van der Waals surface area contributed by atoms with Crippen LogP contribution in [0.2, 0.25) is 5.02 Å². The molecule has 0 amide bonds. The predicted octanol–water partition coefficient (Wildman–Crippen LogP) is 3.14. The van der Waals surface area contributed by atoms with Gasteiger partial charge in [-0.15, -0.1) is 0 Å². The number of benzene rings is 1. The Labute approximate surface area is 118 Å². The van der Waals surface area contributed by atoms with Crippen molar-refractivity contribution in [3.63, 3.8) is 0 Å². The molecule has 0 spiro atoms. The molecule has 5 heteroatoms. The Bertz CT molecular complexity index is 566. The van der Waals surface area contributed by atoms with Gasteiger partial charge in [-0.1, -0.05) is 23.7 Å². The van der Waals surface area contributed by atoms with Crippen LogP contribution >= 0.6 is 11.6 Å². The topological polar surface area (TPSA) is 39.1 Å². The Morgan fingerprint density at radius 3 is 2.84 bits per heavy atom. The zero-order valence-corrected chi connectivity index (χ0v) is 12.2. The molecule has 4 nitrogen and oxygen atoms in total. The zero-order valence-electron chi connectivity index (χ0n) is 11.4. The Morgan fingerprint density at radius 1 is 1.42 bits per heavy atom. The highest BCUT2D eigenvalue weighted by molar-refractivity contribution is 6.31. The van der Waals surface area contributed by atoms with Crippen molar-refractivity contribution in [3.8, 4) is 0 Å². The van der Waals surface area contributed by atoms with Crippen LogP contribution < -0.4 is 5.32 Å². The van der Waals surface area contributed by atoms with Crippen molar-refractivity contribution in [1.82, 2.24) is 9.78 Å². The highest BCUT2D eigenvalue weighted by Crippen LogP contribution is 2.21. The van der Waals surface area contributed by atoms with Crippen LogP contribution in [0, 0.1) is 6.92 Å². The predicted molar refractivity (Wildman–Crippen MR) is 77.4 cm³/mol. The van der Waals surface area contributed by atoms with Crippen LogP contribution in [0.4, 0.5) is 5.69 Å². The molecule has 0 saturated heterocycles. The molecule has 0 fully saturated rings. The molecular weight excluding hydrogens is 262 g/mol. The van der Waals surface area contributed by atoms with Crippen LogP contribution in [-0.2, 0) is 24.9 Å². The van der Waals surface area contributed by atoms with E-state index in [9.17, 15) is 0 Å². The average molecular weight is 280 g/mol. The van der Waals surface area contributed by atoms with Gasteiger partial charge in [-0.2, -0.15) is 5.10 Å². The van der Waals surface area contributed by atoms with E-state index in [0.717, 1.165) is 27.7 Å². The maximum atomic E-state index is 6.22. The molecule has 0 aliphatic carbocycles. The lowest BCUT2D eigenvalue weighted by atomic mass is 10.2. The summed E-state index contributed by atoms with van der Waals surface area (Å²) in [6, 6.07) is 8.14. The van der Waals surface area contributed by atoms with Gasteiger partial charge in [-0.25, -0.2) is 0 Å². The van der Waals surface area contributed by atoms with Crippen LogP contribution in [0.3, 0.4) is 0 Å². The van der Waals surface area contributed by atoms with Gasteiger partial charge in [0.2, 0.25) is 0 Å². The minimum Gasteiger partial charge on any atom is -0.380 e. The molecule has 1 N–H and O–H groups in total. The fourth-order valence-corrected chi connectivity index (χ4v) is 2.22. The first-order chi connectivity index (χ1) is 9.11. The van der Waals surface area contributed by atoms with E-state index in [1.54, 1.807) is 7.11 Å². The van der Waals surface area contributed by atoms with Crippen molar-refractivity contribution in [2.45, 2.75) is 20.1 Å². The summed E-state index contributed by atoms with van der Waals surface area (Å²) in [4.78, 5) is 0. The first kappa shape index (κ1) is 13.9. The van der Waals surface area contributed by atoms with Crippen LogP contribution in [-0.4, -0.2) is 16.9 Å². The number of methoxy groups -OCH3 is 1. The fourth-order valence-electron chi connectivity index (χ4n) is 2.00. The second-order valence-corrected chi connectivity index (χ2v) is 4.83. The summed E-state index contributed by atoms with van der Waals surface area (Å²) in [6.07, 6.45) is 0. The zero-order chi connectivity index (χ0) is 13.8. The third kappa shape index (κ3) is 3.28. The first-order valence-corrected chi connectivity index (χ1v) is 6.49. The Morgan fingerprint density at radius 2 is 2.21 bits per heavy atom. The lowest BCUT2D eigenvalue weighted by Gasteiger charge is -2.09. The van der Waals surface area contributed by atoms with Gasteiger partial charge in [0, 0.05) is 19.8 Å². The summed E-state index contributed by atoms with van der Waals surface area (Å²) in [5.41, 5.74) is 4.02. The van der Waals surface area contributed by atoms with Crippen molar-refractivity contribution in [1.29, 1.82) is 0 Å². The number of halogens is 1. The SMILES string of the molecule is COCc1cccc(NCc2c(Cl)c(C)nn2C)c1. The van der Waals surface area contributed by atoms with E-state index in [2.05, 4.69) is 16.5 Å². The van der Waals surface area contributed by atoms with Gasteiger partial charge in [0.05, 0.1) is 29.6 Å². The van der Waals surface area contributed by atoms with Crippen molar-refractivity contribution >= 4 is 17.3 Å². The van der Waals surface area contributed by atoms with E-state index in [1.807, 2.05) is 36.9 Å². The van der Waals surface area contributed by atoms with Crippen molar-refractivity contribution in [2.24, 2.45) is 7.05 Å². The number of ether oxygens (including phenoxy) is 1. The minimum absolute atomic E-state index is 0.612. The number of nitrogens with zero attached hydrogens (tertiary/aromatic N) is 2. The van der Waals surface area contributed by atoms with Crippen LogP contribution in [0.15, 0.2) is 24.3 Å². The van der Waals surface area contributed by atoms with Crippen LogP contribution in [0.5, 0.6) is 0 Å². The molecule has 0 atom stereocenters. The monoisotopic (exact) mass is 279 g/mol. The standard InChI is InChI=1S/C14H18ClN3O/c1-10-14(15)13(18(2)17-10)8-16-12-6-4-5-11(7-12)9-19-3/h4-7,16H,8-9H2,1-3H3. The minimum atomic E-state index is 0.612. The average Bonchev–Trinajstić information content (AvgIpc) is 2.62. The summed E-state index contributed by atoms with van der Waals surface area (Å²) in [5.74, 6) is 0. The smallest absolute Gasteiger partial charge is 0.0865 e. The molecule has 0 unspecified atom stereocenters. The molecule has 1 aromatic heterocycles. The van der Waals surface area contributed by atoms with Gasteiger partial charge in [0.15, 0.2) is 0 Å². The summed E-state index contributed by atoms with van der Waals surface area (Å²) in [6.45, 7) is 3.17. The third-order valence-corrected chi connectivity index (χ3v) is 3.45. The number of aryl methyl sites for hydroxylation is 2. The van der Waals surface area contributed by atoms with Crippen molar-refractivity contribution in [3.05, 3.63) is 46.2 Å². The number of aromatic nitrogens is 2. The van der Waals surface area contributed by atoms with Gasteiger partial charge in [0.1, 0.15) is 0 Å². The molecule has 19 heavy (non-hydrogen) atoms. The van der Waals surface area contributed by atoms with Crippen molar-refractivity contribution < 1.29 is 4.74 Å². The van der Waals surface area contributed by atoms with E-state index in [4.69, 9.17) is 16.3 Å². The van der Waals surface area contributed by atoms with Crippen LogP contribution in [0.25, 0.3) is 0 Å². The maximum absolute atomic E-state index is 6.22. The van der Waals surface area contributed by atoms with Gasteiger partial charge in [0.25, 0.3) is 0 Å².